The Morgan fingerprint density at radius 2 is 2.30 bits per heavy atom. The Morgan fingerprint density at radius 3 is 3.00 bits per heavy atom. The second-order valence-corrected chi connectivity index (χ2v) is 5.00. The van der Waals surface area contributed by atoms with Crippen molar-refractivity contribution in [3.05, 3.63) is 18.0 Å². The molecule has 7 nitrogen and oxygen atoms in total. The minimum atomic E-state index is -0.874. The molecule has 2 heterocycles. The topological polar surface area (TPSA) is 119 Å². The summed E-state index contributed by atoms with van der Waals surface area (Å²) < 4.78 is 4.97. The van der Waals surface area contributed by atoms with Crippen LogP contribution in [0.3, 0.4) is 0 Å². The molecular formula is C13H17N5O2. The van der Waals surface area contributed by atoms with Crippen LogP contribution in [0.15, 0.2) is 12.1 Å². The van der Waals surface area contributed by atoms with E-state index in [0.717, 1.165) is 37.3 Å². The van der Waals surface area contributed by atoms with Crippen molar-refractivity contribution in [3.8, 4) is 5.75 Å². The monoisotopic (exact) mass is 275 g/mol. The Labute approximate surface area is 115 Å². The van der Waals surface area contributed by atoms with E-state index in [1.807, 2.05) is 0 Å². The molecule has 0 aliphatic carbocycles. The largest absolute Gasteiger partial charge is 0.410 e. The molecule has 3 rings (SSSR count). The standard InChI is InChI=1S/C13H17N5O2/c14-8-4-9-11(10(5-8)20-13(15)19)18-12(17-9)7-2-1-3-16-6-7/h4-5,7,16H,1-3,6,14H2,(H2,15,19)(H,17,18). The Bertz CT molecular complexity index is 645. The van der Waals surface area contributed by atoms with Crippen molar-refractivity contribution < 1.29 is 9.53 Å². The van der Waals surface area contributed by atoms with Crippen LogP contribution >= 0.6 is 0 Å². The van der Waals surface area contributed by atoms with Crippen LogP contribution in [0.25, 0.3) is 11.0 Å². The molecular weight excluding hydrogens is 258 g/mol. The van der Waals surface area contributed by atoms with Crippen molar-refractivity contribution in [2.75, 3.05) is 18.8 Å². The van der Waals surface area contributed by atoms with E-state index in [4.69, 9.17) is 16.2 Å². The highest BCUT2D eigenvalue weighted by Crippen LogP contribution is 2.30. The average molecular weight is 275 g/mol. The van der Waals surface area contributed by atoms with Gasteiger partial charge in [-0.25, -0.2) is 9.78 Å². The SMILES string of the molecule is NC(=O)Oc1cc(N)cc2[nH]c(C3CCCNC3)nc12. The summed E-state index contributed by atoms with van der Waals surface area (Å²) in [5, 5.41) is 3.35. The number of nitrogens with two attached hydrogens (primary N) is 2. The maximum absolute atomic E-state index is 10.9. The summed E-state index contributed by atoms with van der Waals surface area (Å²) in [5.41, 5.74) is 12.7. The number of nitrogens with zero attached hydrogens (tertiary/aromatic N) is 1. The number of primary amides is 1. The van der Waals surface area contributed by atoms with Crippen LogP contribution < -0.4 is 21.5 Å². The fraction of sp³-hybridized carbons (Fsp3) is 0.385. The first-order valence-electron chi connectivity index (χ1n) is 6.60. The lowest BCUT2D eigenvalue weighted by Crippen LogP contribution is -2.28. The van der Waals surface area contributed by atoms with Gasteiger partial charge in [-0.1, -0.05) is 0 Å². The van der Waals surface area contributed by atoms with Gasteiger partial charge in [0.05, 0.1) is 5.52 Å². The smallest absolute Gasteiger partial charge is 0.408 e. The molecule has 1 saturated heterocycles. The Morgan fingerprint density at radius 1 is 1.45 bits per heavy atom. The zero-order valence-corrected chi connectivity index (χ0v) is 11.0. The summed E-state index contributed by atoms with van der Waals surface area (Å²) in [4.78, 5) is 18.7. The van der Waals surface area contributed by atoms with E-state index in [2.05, 4.69) is 15.3 Å². The summed E-state index contributed by atoms with van der Waals surface area (Å²) in [5.74, 6) is 1.50. The van der Waals surface area contributed by atoms with Gasteiger partial charge < -0.3 is 26.5 Å². The lowest BCUT2D eigenvalue weighted by Gasteiger charge is -2.20. The number of rotatable bonds is 2. The number of amides is 1. The molecule has 1 fully saturated rings. The molecule has 0 saturated carbocycles. The van der Waals surface area contributed by atoms with Gasteiger partial charge >= 0.3 is 6.09 Å². The zero-order chi connectivity index (χ0) is 14.1. The molecule has 1 aromatic carbocycles. The molecule has 1 aliphatic heterocycles. The van der Waals surface area contributed by atoms with Gasteiger partial charge in [0.2, 0.25) is 0 Å². The van der Waals surface area contributed by atoms with Gasteiger partial charge in [-0.15, -0.1) is 0 Å². The third-order valence-electron chi connectivity index (χ3n) is 3.49. The Balaban J connectivity index is 2.02. The highest BCUT2D eigenvalue weighted by atomic mass is 16.5. The van der Waals surface area contributed by atoms with Gasteiger partial charge in [-0.3, -0.25) is 0 Å². The number of carbonyl (C=O) groups excluding carboxylic acids is 1. The number of H-pyrrole nitrogens is 1. The van der Waals surface area contributed by atoms with E-state index >= 15 is 0 Å². The number of carbonyl (C=O) groups is 1. The minimum Gasteiger partial charge on any atom is -0.408 e. The van der Waals surface area contributed by atoms with E-state index in [1.165, 1.54) is 0 Å². The molecule has 1 amide bonds. The van der Waals surface area contributed by atoms with Crippen LogP contribution in [0.5, 0.6) is 5.75 Å². The van der Waals surface area contributed by atoms with E-state index < -0.39 is 6.09 Å². The van der Waals surface area contributed by atoms with E-state index in [9.17, 15) is 4.79 Å². The van der Waals surface area contributed by atoms with Crippen LogP contribution in [-0.2, 0) is 0 Å². The predicted octanol–water partition coefficient (Wildman–Crippen LogP) is 1.07. The summed E-state index contributed by atoms with van der Waals surface area (Å²) in [7, 11) is 0. The maximum atomic E-state index is 10.9. The fourth-order valence-corrected chi connectivity index (χ4v) is 2.59. The van der Waals surface area contributed by atoms with E-state index in [1.54, 1.807) is 12.1 Å². The molecule has 106 valence electrons. The summed E-state index contributed by atoms with van der Waals surface area (Å²) >= 11 is 0. The normalized spacial score (nSPS) is 19.1. The molecule has 0 spiro atoms. The molecule has 1 aliphatic rings. The number of hydrogen-bond donors (Lipinski definition) is 4. The van der Waals surface area contributed by atoms with Gasteiger partial charge in [0.25, 0.3) is 0 Å². The minimum absolute atomic E-state index is 0.291. The molecule has 2 aromatic rings. The van der Waals surface area contributed by atoms with Crippen molar-refractivity contribution >= 4 is 22.8 Å². The lowest BCUT2D eigenvalue weighted by atomic mass is 9.99. The first-order valence-corrected chi connectivity index (χ1v) is 6.60. The van der Waals surface area contributed by atoms with Gasteiger partial charge in [0.15, 0.2) is 5.75 Å². The first-order chi connectivity index (χ1) is 9.63. The van der Waals surface area contributed by atoms with Crippen LogP contribution in [-0.4, -0.2) is 29.2 Å². The maximum Gasteiger partial charge on any atom is 0.410 e. The second-order valence-electron chi connectivity index (χ2n) is 5.00. The average Bonchev–Trinajstić information content (AvgIpc) is 2.83. The van der Waals surface area contributed by atoms with E-state index in [0.29, 0.717) is 22.9 Å². The van der Waals surface area contributed by atoms with Crippen molar-refractivity contribution in [1.29, 1.82) is 0 Å². The van der Waals surface area contributed by atoms with Crippen molar-refractivity contribution in [2.45, 2.75) is 18.8 Å². The van der Waals surface area contributed by atoms with Gasteiger partial charge in [-0.2, -0.15) is 0 Å². The number of ether oxygens (including phenoxy) is 1. The van der Waals surface area contributed by atoms with Crippen LogP contribution in [0.1, 0.15) is 24.6 Å². The highest BCUT2D eigenvalue weighted by Gasteiger charge is 2.20. The number of benzene rings is 1. The number of aromatic nitrogens is 2. The predicted molar refractivity (Wildman–Crippen MR) is 75.6 cm³/mol. The number of aromatic amines is 1. The molecule has 20 heavy (non-hydrogen) atoms. The highest BCUT2D eigenvalue weighted by molar-refractivity contribution is 5.87. The summed E-state index contributed by atoms with van der Waals surface area (Å²) in [6, 6.07) is 3.33. The number of anilines is 1. The number of nitrogen functional groups attached to an aromatic ring is 1. The second kappa shape index (κ2) is 5.01. The van der Waals surface area contributed by atoms with Crippen LogP contribution in [0, 0.1) is 0 Å². The van der Waals surface area contributed by atoms with E-state index in [-0.39, 0.29) is 0 Å². The van der Waals surface area contributed by atoms with Crippen LogP contribution in [0.4, 0.5) is 10.5 Å². The van der Waals surface area contributed by atoms with Gasteiger partial charge in [0.1, 0.15) is 11.3 Å². The van der Waals surface area contributed by atoms with Crippen molar-refractivity contribution in [2.24, 2.45) is 5.73 Å². The summed E-state index contributed by atoms with van der Waals surface area (Å²) in [6.07, 6.45) is 1.32. The Hall–Kier alpha value is -2.28. The number of imidazole rings is 1. The molecule has 1 aromatic heterocycles. The van der Waals surface area contributed by atoms with Gasteiger partial charge in [0, 0.05) is 24.2 Å². The lowest BCUT2D eigenvalue weighted by molar-refractivity contribution is 0.211. The van der Waals surface area contributed by atoms with Crippen molar-refractivity contribution in [3.63, 3.8) is 0 Å². The number of piperidine rings is 1. The zero-order valence-electron chi connectivity index (χ0n) is 11.0. The third kappa shape index (κ3) is 2.39. The number of nitrogens with one attached hydrogen (secondary N) is 2. The summed E-state index contributed by atoms with van der Waals surface area (Å²) in [6.45, 7) is 1.93. The Kier molecular flexibility index (Phi) is 3.19. The first kappa shape index (κ1) is 12.7. The molecule has 0 radical (unpaired) electrons. The van der Waals surface area contributed by atoms with Crippen molar-refractivity contribution in [1.82, 2.24) is 15.3 Å². The molecule has 7 heteroatoms. The fourth-order valence-electron chi connectivity index (χ4n) is 2.59. The molecule has 6 N–H and O–H groups in total. The molecule has 1 unspecified atom stereocenters. The molecule has 1 atom stereocenters. The third-order valence-corrected chi connectivity index (χ3v) is 3.49. The van der Waals surface area contributed by atoms with Crippen LogP contribution in [0.2, 0.25) is 0 Å². The molecule has 0 bridgehead atoms. The quantitative estimate of drug-likeness (QED) is 0.611. The number of hydrogen-bond acceptors (Lipinski definition) is 5. The number of fused-ring (bicyclic) bond motifs is 1. The van der Waals surface area contributed by atoms with Gasteiger partial charge in [-0.05, 0) is 25.5 Å².